The van der Waals surface area contributed by atoms with Gasteiger partial charge in [-0.1, -0.05) is 60.7 Å². The van der Waals surface area contributed by atoms with Crippen molar-refractivity contribution in [3.8, 4) is 0 Å². The number of carbonyl (C=O) groups excluding carboxylic acids is 1. The highest BCUT2D eigenvalue weighted by atomic mass is 16.5. The minimum atomic E-state index is -0.380. The van der Waals surface area contributed by atoms with Gasteiger partial charge in [0.05, 0.1) is 19.4 Å². The van der Waals surface area contributed by atoms with Crippen molar-refractivity contribution >= 4 is 11.7 Å². The molecule has 0 fully saturated rings. The highest BCUT2D eigenvalue weighted by Crippen LogP contribution is 2.08. The van der Waals surface area contributed by atoms with Gasteiger partial charge < -0.3 is 10.5 Å². The lowest BCUT2D eigenvalue weighted by atomic mass is 10.0. The Morgan fingerprint density at radius 1 is 1.00 bits per heavy atom. The van der Waals surface area contributed by atoms with E-state index >= 15 is 0 Å². The van der Waals surface area contributed by atoms with E-state index in [9.17, 15) is 4.79 Å². The lowest BCUT2D eigenvalue weighted by molar-refractivity contribution is -0.138. The molecule has 0 aliphatic rings. The van der Waals surface area contributed by atoms with Crippen LogP contribution in [0.4, 0.5) is 0 Å². The van der Waals surface area contributed by atoms with Crippen LogP contribution in [0.3, 0.4) is 0 Å². The van der Waals surface area contributed by atoms with E-state index in [4.69, 9.17) is 11.1 Å². The molecular weight excluding hydrogens is 252 g/mol. The predicted molar refractivity (Wildman–Crippen MR) is 79.9 cm³/mol. The van der Waals surface area contributed by atoms with Gasteiger partial charge in [0, 0.05) is 0 Å². The molecule has 0 heterocycles. The molecule has 4 nitrogen and oxygen atoms in total. The predicted octanol–water partition coefficient (Wildman–Crippen LogP) is 2.22. The quantitative estimate of drug-likeness (QED) is 0.663. The van der Waals surface area contributed by atoms with Crippen LogP contribution in [0, 0.1) is 5.41 Å². The zero-order valence-corrected chi connectivity index (χ0v) is 11.4. The fraction of sp³-hybridized carbons (Fsp3) is 0.125. The van der Waals surface area contributed by atoms with Gasteiger partial charge in [0.2, 0.25) is 0 Å². The monoisotopic (exact) mass is 270 g/mol. The molecule has 0 saturated heterocycles. The molecule has 0 bridgehead atoms. The molecule has 0 aliphatic heterocycles. The Morgan fingerprint density at radius 3 is 1.65 bits per heavy atom. The molecule has 0 aliphatic carbocycles. The number of hydrogen-bond donors (Lipinski definition) is 2. The lowest BCUT2D eigenvalue weighted by Crippen LogP contribution is -2.14. The van der Waals surface area contributed by atoms with Crippen LogP contribution >= 0.6 is 0 Å². The molecule has 4 heteroatoms. The Hall–Kier alpha value is -2.46. The van der Waals surface area contributed by atoms with Crippen LogP contribution in [0.15, 0.2) is 60.7 Å². The highest BCUT2D eigenvalue weighted by molar-refractivity contribution is 6.10. The van der Waals surface area contributed by atoms with E-state index in [1.165, 1.54) is 7.11 Å². The summed E-state index contributed by atoms with van der Waals surface area (Å²) in [6, 6.07) is 19.5. The van der Waals surface area contributed by atoms with Gasteiger partial charge >= 0.3 is 5.97 Å². The average Bonchev–Trinajstić information content (AvgIpc) is 2.55. The van der Waals surface area contributed by atoms with Gasteiger partial charge in [-0.25, -0.2) is 0 Å². The van der Waals surface area contributed by atoms with Gasteiger partial charge in [-0.15, -0.1) is 0 Å². The second-order valence-electron chi connectivity index (χ2n) is 3.89. The van der Waals surface area contributed by atoms with Crippen molar-refractivity contribution in [3.05, 3.63) is 71.8 Å². The van der Waals surface area contributed by atoms with Crippen LogP contribution in [0.25, 0.3) is 0 Å². The van der Waals surface area contributed by atoms with Crippen LogP contribution in [-0.2, 0) is 9.53 Å². The van der Waals surface area contributed by atoms with E-state index in [-0.39, 0.29) is 12.5 Å². The van der Waals surface area contributed by atoms with E-state index in [2.05, 4.69) is 4.74 Å². The molecule has 0 saturated carbocycles. The maximum absolute atomic E-state index is 9.83. The zero-order valence-electron chi connectivity index (χ0n) is 11.4. The van der Waals surface area contributed by atoms with Crippen LogP contribution in [0.1, 0.15) is 11.1 Å². The molecule has 0 radical (unpaired) electrons. The minimum absolute atomic E-state index is 0.0312. The van der Waals surface area contributed by atoms with Crippen molar-refractivity contribution < 1.29 is 9.53 Å². The van der Waals surface area contributed by atoms with E-state index in [1.807, 2.05) is 60.7 Å². The molecule has 0 atom stereocenters. The minimum Gasteiger partial charge on any atom is -0.468 e. The molecular formula is C16H18N2O2. The van der Waals surface area contributed by atoms with E-state index in [0.717, 1.165) is 11.1 Å². The lowest BCUT2D eigenvalue weighted by Gasteiger charge is -2.02. The van der Waals surface area contributed by atoms with E-state index in [0.29, 0.717) is 5.71 Å². The van der Waals surface area contributed by atoms with Crippen LogP contribution in [0.5, 0.6) is 0 Å². The summed E-state index contributed by atoms with van der Waals surface area (Å²) in [5, 5.41) is 7.97. The summed E-state index contributed by atoms with van der Waals surface area (Å²) in [5.41, 5.74) is 7.30. The number of nitrogens with one attached hydrogen (secondary N) is 1. The van der Waals surface area contributed by atoms with Crippen molar-refractivity contribution in [1.29, 1.82) is 5.41 Å². The molecule has 0 unspecified atom stereocenters. The number of rotatable bonds is 3. The molecule has 0 aromatic heterocycles. The Morgan fingerprint density at radius 2 is 1.40 bits per heavy atom. The van der Waals surface area contributed by atoms with Crippen molar-refractivity contribution in [2.45, 2.75) is 0 Å². The molecule has 2 aromatic carbocycles. The first-order chi connectivity index (χ1) is 9.69. The SMILES string of the molecule is COC(=O)CN.N=C(c1ccccc1)c1ccccc1. The van der Waals surface area contributed by atoms with Crippen LogP contribution < -0.4 is 5.73 Å². The molecule has 2 rings (SSSR count). The largest absolute Gasteiger partial charge is 0.468 e. The van der Waals surface area contributed by atoms with Gasteiger partial charge in [-0.3, -0.25) is 10.2 Å². The van der Waals surface area contributed by atoms with Gasteiger partial charge in [0.1, 0.15) is 0 Å². The summed E-state index contributed by atoms with van der Waals surface area (Å²) in [6.07, 6.45) is 0. The summed E-state index contributed by atoms with van der Waals surface area (Å²) >= 11 is 0. The van der Waals surface area contributed by atoms with Gasteiger partial charge in [0.25, 0.3) is 0 Å². The fourth-order valence-electron chi connectivity index (χ4n) is 1.46. The number of hydrogen-bond acceptors (Lipinski definition) is 4. The topological polar surface area (TPSA) is 76.2 Å². The highest BCUT2D eigenvalue weighted by Gasteiger charge is 2.01. The first kappa shape index (κ1) is 15.6. The molecule has 104 valence electrons. The third kappa shape index (κ3) is 5.04. The Labute approximate surface area is 118 Å². The number of benzene rings is 2. The fourth-order valence-corrected chi connectivity index (χ4v) is 1.46. The van der Waals surface area contributed by atoms with E-state index in [1.54, 1.807) is 0 Å². The van der Waals surface area contributed by atoms with Crippen molar-refractivity contribution in [1.82, 2.24) is 0 Å². The van der Waals surface area contributed by atoms with Gasteiger partial charge in [0.15, 0.2) is 0 Å². The number of methoxy groups -OCH3 is 1. The maximum atomic E-state index is 9.83. The van der Waals surface area contributed by atoms with E-state index < -0.39 is 0 Å². The molecule has 0 spiro atoms. The number of nitrogens with two attached hydrogens (primary N) is 1. The van der Waals surface area contributed by atoms with Crippen LogP contribution in [-0.4, -0.2) is 25.3 Å². The zero-order chi connectivity index (χ0) is 14.8. The third-order valence-electron chi connectivity index (χ3n) is 2.52. The van der Waals surface area contributed by atoms with Crippen molar-refractivity contribution in [2.24, 2.45) is 5.73 Å². The Kier molecular flexibility index (Phi) is 6.71. The molecule has 3 N–H and O–H groups in total. The Bertz CT molecular complexity index is 491. The van der Waals surface area contributed by atoms with Crippen LogP contribution in [0.2, 0.25) is 0 Å². The molecule has 0 amide bonds. The summed E-state index contributed by atoms with van der Waals surface area (Å²) in [7, 11) is 1.30. The maximum Gasteiger partial charge on any atom is 0.319 e. The summed E-state index contributed by atoms with van der Waals surface area (Å²) < 4.78 is 4.14. The van der Waals surface area contributed by atoms with Crippen molar-refractivity contribution in [3.63, 3.8) is 0 Å². The average molecular weight is 270 g/mol. The number of esters is 1. The molecule has 20 heavy (non-hydrogen) atoms. The smallest absolute Gasteiger partial charge is 0.319 e. The first-order valence-corrected chi connectivity index (χ1v) is 6.15. The third-order valence-corrected chi connectivity index (χ3v) is 2.52. The van der Waals surface area contributed by atoms with Gasteiger partial charge in [-0.2, -0.15) is 0 Å². The van der Waals surface area contributed by atoms with Crippen molar-refractivity contribution in [2.75, 3.05) is 13.7 Å². The summed E-state index contributed by atoms with van der Waals surface area (Å²) in [6.45, 7) is -0.0312. The summed E-state index contributed by atoms with van der Waals surface area (Å²) in [5.74, 6) is -0.380. The summed E-state index contributed by atoms with van der Waals surface area (Å²) in [4.78, 5) is 9.83. The number of carbonyl (C=O) groups is 1. The standard InChI is InChI=1S/C13H11N.C3H7NO2/c14-13(11-7-3-1-4-8-11)12-9-5-2-6-10-12;1-6-3(5)2-4/h1-10,14H;2,4H2,1H3. The normalized spacial score (nSPS) is 9.10. The van der Waals surface area contributed by atoms with Gasteiger partial charge in [-0.05, 0) is 11.1 Å². The first-order valence-electron chi connectivity index (χ1n) is 6.15. The second-order valence-corrected chi connectivity index (χ2v) is 3.89. The Balaban J connectivity index is 0.000000286. The molecule has 2 aromatic rings. The number of ether oxygens (including phenoxy) is 1. The second kappa shape index (κ2) is 8.61.